The van der Waals surface area contributed by atoms with Crippen LogP contribution in [0.25, 0.3) is 0 Å². The molecule has 21 heavy (non-hydrogen) atoms. The number of nitrogens with one attached hydrogen (secondary N) is 2. The number of ether oxygens (including phenoxy) is 1. The summed E-state index contributed by atoms with van der Waals surface area (Å²) in [6.07, 6.45) is 4.49. The zero-order chi connectivity index (χ0) is 15.2. The lowest BCUT2D eigenvalue weighted by Gasteiger charge is -2.27. The standard InChI is InChI=1S/C16H22N2O3/c1-11-4-3-5-14(10-11)18-16(20)17-13-8-6-12(7-9-13)15(19)21-2/h6-9,11,14H,3-5,10H2,1-2H3,(H2,17,18,20)/t11-,14-/m1/s1. The minimum absolute atomic E-state index is 0.195. The van der Waals surface area contributed by atoms with Crippen LogP contribution in [0.2, 0.25) is 0 Å². The smallest absolute Gasteiger partial charge is 0.337 e. The van der Waals surface area contributed by atoms with E-state index in [-0.39, 0.29) is 18.0 Å². The predicted octanol–water partition coefficient (Wildman–Crippen LogP) is 3.17. The topological polar surface area (TPSA) is 67.4 Å². The second kappa shape index (κ2) is 7.11. The van der Waals surface area contributed by atoms with Crippen molar-refractivity contribution in [2.24, 2.45) is 5.92 Å². The Kier molecular flexibility index (Phi) is 5.20. The summed E-state index contributed by atoms with van der Waals surface area (Å²) in [5.74, 6) is 0.283. The first-order chi connectivity index (χ1) is 10.1. The number of methoxy groups -OCH3 is 1. The van der Waals surface area contributed by atoms with Gasteiger partial charge >= 0.3 is 12.0 Å². The van der Waals surface area contributed by atoms with Crippen molar-refractivity contribution >= 4 is 17.7 Å². The number of hydrogen-bond acceptors (Lipinski definition) is 3. The fourth-order valence-electron chi connectivity index (χ4n) is 2.73. The van der Waals surface area contributed by atoms with Crippen LogP contribution in [0.4, 0.5) is 10.5 Å². The van der Waals surface area contributed by atoms with Crippen molar-refractivity contribution in [2.45, 2.75) is 38.6 Å². The van der Waals surface area contributed by atoms with E-state index in [9.17, 15) is 9.59 Å². The first kappa shape index (κ1) is 15.4. The average Bonchev–Trinajstić information content (AvgIpc) is 2.47. The summed E-state index contributed by atoms with van der Waals surface area (Å²) in [5, 5.41) is 5.79. The van der Waals surface area contributed by atoms with Crippen molar-refractivity contribution in [2.75, 3.05) is 12.4 Å². The highest BCUT2D eigenvalue weighted by Gasteiger charge is 2.20. The highest BCUT2D eigenvalue weighted by Crippen LogP contribution is 2.23. The lowest BCUT2D eigenvalue weighted by atomic mass is 9.87. The molecule has 2 N–H and O–H groups in total. The Hall–Kier alpha value is -2.04. The zero-order valence-electron chi connectivity index (χ0n) is 12.5. The van der Waals surface area contributed by atoms with Crippen LogP contribution in [0.15, 0.2) is 24.3 Å². The minimum Gasteiger partial charge on any atom is -0.465 e. The molecule has 1 aliphatic rings. The molecule has 0 saturated heterocycles. The van der Waals surface area contributed by atoms with Crippen LogP contribution in [0, 0.1) is 5.92 Å². The quantitative estimate of drug-likeness (QED) is 0.840. The Morgan fingerprint density at radius 2 is 1.90 bits per heavy atom. The summed E-state index contributed by atoms with van der Waals surface area (Å²) in [7, 11) is 1.34. The van der Waals surface area contributed by atoms with Crippen molar-refractivity contribution in [3.8, 4) is 0 Å². The molecule has 0 unspecified atom stereocenters. The van der Waals surface area contributed by atoms with Gasteiger partial charge in [0.2, 0.25) is 0 Å². The van der Waals surface area contributed by atoms with E-state index in [2.05, 4.69) is 22.3 Å². The zero-order valence-corrected chi connectivity index (χ0v) is 12.5. The van der Waals surface area contributed by atoms with Gasteiger partial charge in [0.1, 0.15) is 0 Å². The lowest BCUT2D eigenvalue weighted by Crippen LogP contribution is -2.40. The number of esters is 1. The highest BCUT2D eigenvalue weighted by molar-refractivity contribution is 5.92. The van der Waals surface area contributed by atoms with Gasteiger partial charge in [0, 0.05) is 11.7 Å². The number of hydrogen-bond donors (Lipinski definition) is 2. The molecule has 1 fully saturated rings. The van der Waals surface area contributed by atoms with Crippen molar-refractivity contribution in [3.63, 3.8) is 0 Å². The average molecular weight is 290 g/mol. The minimum atomic E-state index is -0.387. The first-order valence-electron chi connectivity index (χ1n) is 7.34. The van der Waals surface area contributed by atoms with Crippen molar-refractivity contribution in [3.05, 3.63) is 29.8 Å². The van der Waals surface area contributed by atoms with Crippen LogP contribution in [0.5, 0.6) is 0 Å². The van der Waals surface area contributed by atoms with Crippen LogP contribution in [-0.2, 0) is 4.74 Å². The van der Waals surface area contributed by atoms with Gasteiger partial charge in [0.05, 0.1) is 12.7 Å². The van der Waals surface area contributed by atoms with E-state index in [0.29, 0.717) is 17.2 Å². The number of carbonyl (C=O) groups is 2. The Labute approximate surface area is 125 Å². The molecule has 0 aromatic heterocycles. The van der Waals surface area contributed by atoms with Crippen LogP contribution in [-0.4, -0.2) is 25.2 Å². The summed E-state index contributed by atoms with van der Waals surface area (Å²) in [6, 6.07) is 6.70. The molecule has 5 nitrogen and oxygen atoms in total. The van der Waals surface area contributed by atoms with E-state index in [1.54, 1.807) is 24.3 Å². The van der Waals surface area contributed by atoms with Crippen LogP contribution >= 0.6 is 0 Å². The highest BCUT2D eigenvalue weighted by atomic mass is 16.5. The van der Waals surface area contributed by atoms with Crippen LogP contribution in [0.3, 0.4) is 0 Å². The van der Waals surface area contributed by atoms with E-state index >= 15 is 0 Å². The second-order valence-electron chi connectivity index (χ2n) is 5.64. The normalized spacial score (nSPS) is 21.4. The van der Waals surface area contributed by atoms with E-state index < -0.39 is 0 Å². The SMILES string of the molecule is COC(=O)c1ccc(NC(=O)N[C@@H]2CCC[C@@H](C)C2)cc1. The van der Waals surface area contributed by atoms with Crippen molar-refractivity contribution in [1.82, 2.24) is 5.32 Å². The Morgan fingerprint density at radius 3 is 2.52 bits per heavy atom. The second-order valence-corrected chi connectivity index (χ2v) is 5.64. The monoisotopic (exact) mass is 290 g/mol. The van der Waals surface area contributed by atoms with Gasteiger partial charge in [0.15, 0.2) is 0 Å². The third-order valence-electron chi connectivity index (χ3n) is 3.84. The summed E-state index contributed by atoms with van der Waals surface area (Å²) < 4.78 is 4.63. The maximum atomic E-state index is 11.9. The van der Waals surface area contributed by atoms with Crippen LogP contribution < -0.4 is 10.6 Å². The van der Waals surface area contributed by atoms with Gasteiger partial charge in [-0.2, -0.15) is 0 Å². The van der Waals surface area contributed by atoms with Crippen molar-refractivity contribution < 1.29 is 14.3 Å². The largest absolute Gasteiger partial charge is 0.465 e. The fourth-order valence-corrected chi connectivity index (χ4v) is 2.73. The number of urea groups is 1. The molecule has 2 rings (SSSR count). The molecule has 1 aromatic carbocycles. The molecule has 1 saturated carbocycles. The molecule has 0 heterocycles. The van der Waals surface area contributed by atoms with Gasteiger partial charge in [-0.3, -0.25) is 0 Å². The molecule has 2 amide bonds. The third-order valence-corrected chi connectivity index (χ3v) is 3.84. The number of anilines is 1. The number of rotatable bonds is 3. The van der Waals surface area contributed by atoms with E-state index in [0.717, 1.165) is 12.8 Å². The number of amides is 2. The van der Waals surface area contributed by atoms with Crippen molar-refractivity contribution in [1.29, 1.82) is 0 Å². The van der Waals surface area contributed by atoms with Gasteiger partial charge in [-0.15, -0.1) is 0 Å². The summed E-state index contributed by atoms with van der Waals surface area (Å²) in [6.45, 7) is 2.22. The lowest BCUT2D eigenvalue weighted by molar-refractivity contribution is 0.0601. The van der Waals surface area contributed by atoms with Gasteiger partial charge in [0.25, 0.3) is 0 Å². The van der Waals surface area contributed by atoms with Gasteiger partial charge in [-0.05, 0) is 43.0 Å². The Morgan fingerprint density at radius 1 is 1.19 bits per heavy atom. The molecule has 0 bridgehead atoms. The molecule has 1 aliphatic carbocycles. The molecule has 1 aromatic rings. The maximum Gasteiger partial charge on any atom is 0.337 e. The Balaban J connectivity index is 1.86. The van der Waals surface area contributed by atoms with Gasteiger partial charge in [-0.25, -0.2) is 9.59 Å². The molecule has 0 radical (unpaired) electrons. The van der Waals surface area contributed by atoms with Gasteiger partial charge < -0.3 is 15.4 Å². The number of benzene rings is 1. The van der Waals surface area contributed by atoms with E-state index in [1.807, 2.05) is 0 Å². The van der Waals surface area contributed by atoms with Crippen LogP contribution in [0.1, 0.15) is 43.0 Å². The fraction of sp³-hybridized carbons (Fsp3) is 0.500. The summed E-state index contributed by atoms with van der Waals surface area (Å²) in [4.78, 5) is 23.3. The molecular formula is C16H22N2O3. The third kappa shape index (κ3) is 4.48. The first-order valence-corrected chi connectivity index (χ1v) is 7.34. The van der Waals surface area contributed by atoms with E-state index in [1.165, 1.54) is 20.0 Å². The van der Waals surface area contributed by atoms with Gasteiger partial charge in [-0.1, -0.05) is 19.8 Å². The molecule has 0 spiro atoms. The molecule has 114 valence electrons. The molecule has 2 atom stereocenters. The summed E-state index contributed by atoms with van der Waals surface area (Å²) in [5.41, 5.74) is 1.12. The number of carbonyl (C=O) groups excluding carboxylic acids is 2. The summed E-state index contributed by atoms with van der Waals surface area (Å²) >= 11 is 0. The maximum absolute atomic E-state index is 11.9. The molecule has 0 aliphatic heterocycles. The molecule has 5 heteroatoms. The Bertz CT molecular complexity index is 499. The van der Waals surface area contributed by atoms with E-state index in [4.69, 9.17) is 0 Å². The molecular weight excluding hydrogens is 268 g/mol. The predicted molar refractivity (Wildman–Crippen MR) is 81.4 cm³/mol.